The monoisotopic (exact) mass is 605 g/mol. The van der Waals surface area contributed by atoms with E-state index in [2.05, 4.69) is 15.8 Å². The number of hydrogen-bond acceptors (Lipinski definition) is 8. The fourth-order valence-corrected chi connectivity index (χ4v) is 7.71. The number of alkyl halides is 2. The van der Waals surface area contributed by atoms with Crippen molar-refractivity contribution in [2.75, 3.05) is 37.8 Å². The summed E-state index contributed by atoms with van der Waals surface area (Å²) in [4.78, 5) is 20.7. The molecule has 2 aromatic heterocycles. The van der Waals surface area contributed by atoms with Gasteiger partial charge in [0.1, 0.15) is 28.2 Å². The van der Waals surface area contributed by atoms with Gasteiger partial charge < -0.3 is 9.80 Å². The first-order valence-corrected chi connectivity index (χ1v) is 15.9. The first-order chi connectivity index (χ1) is 19.5. The number of nitrogens with one attached hydrogen (secondary N) is 2. The molecule has 0 spiro atoms. The van der Waals surface area contributed by atoms with Crippen LogP contribution >= 0.6 is 11.8 Å². The molecule has 6 rings (SSSR count). The summed E-state index contributed by atoms with van der Waals surface area (Å²) in [5.41, 5.74) is -0.767. The molecule has 1 aliphatic heterocycles. The number of pyridine rings is 1. The summed E-state index contributed by atoms with van der Waals surface area (Å²) in [5.74, 6) is -0.179. The van der Waals surface area contributed by atoms with Gasteiger partial charge in [-0.1, -0.05) is 0 Å². The largest absolute Gasteiger partial charge is 0.366 e. The van der Waals surface area contributed by atoms with E-state index in [1.54, 1.807) is 11.1 Å². The Bertz CT molecular complexity index is 1580. The van der Waals surface area contributed by atoms with Gasteiger partial charge in [0.05, 0.1) is 29.0 Å². The van der Waals surface area contributed by atoms with E-state index in [-0.39, 0.29) is 40.4 Å². The van der Waals surface area contributed by atoms with Gasteiger partial charge in [0.2, 0.25) is 21.0 Å². The summed E-state index contributed by atoms with van der Waals surface area (Å²) in [6, 6.07) is 3.72. The average Bonchev–Trinajstić information content (AvgIpc) is 3.86. The summed E-state index contributed by atoms with van der Waals surface area (Å²) in [6.45, 7) is 0.808. The number of thioether (sulfide) groups is 1. The number of imidazole rings is 1. The van der Waals surface area contributed by atoms with Crippen molar-refractivity contribution < 1.29 is 27.4 Å². The molecular formula is C26H31F2N8O3S2+. The molecule has 1 amide bonds. The second kappa shape index (κ2) is 10.0. The van der Waals surface area contributed by atoms with E-state index in [0.717, 1.165) is 11.8 Å². The van der Waals surface area contributed by atoms with E-state index in [9.17, 15) is 27.3 Å². The topological polar surface area (TPSA) is 160 Å². The van der Waals surface area contributed by atoms with Crippen LogP contribution in [0.25, 0.3) is 5.52 Å². The molecule has 0 aromatic carbocycles. The maximum Gasteiger partial charge on any atom is 0.242 e. The van der Waals surface area contributed by atoms with Crippen LogP contribution in [0.5, 0.6) is 0 Å². The van der Waals surface area contributed by atoms with Crippen molar-refractivity contribution in [3.05, 3.63) is 24.3 Å². The van der Waals surface area contributed by atoms with Crippen LogP contribution in [0, 0.1) is 28.1 Å². The number of piperazine rings is 1. The van der Waals surface area contributed by atoms with E-state index >= 15 is 0 Å². The molecular weight excluding hydrogens is 574 g/mol. The predicted octanol–water partition coefficient (Wildman–Crippen LogP) is 1.03. The van der Waals surface area contributed by atoms with Gasteiger partial charge in [-0.3, -0.25) is 20.0 Å². The lowest BCUT2D eigenvalue weighted by Crippen LogP contribution is -2.52. The Morgan fingerprint density at radius 3 is 2.49 bits per heavy atom. The predicted molar refractivity (Wildman–Crippen MR) is 148 cm³/mol. The number of hydrogen-bond donors (Lipinski definition) is 3. The molecule has 15 heteroatoms. The first kappa shape index (κ1) is 28.0. The number of halogens is 2. The van der Waals surface area contributed by atoms with Gasteiger partial charge in [-0.15, -0.1) is 0 Å². The highest BCUT2D eigenvalue weighted by Gasteiger charge is 2.52. The fourth-order valence-electron chi connectivity index (χ4n) is 5.35. The summed E-state index contributed by atoms with van der Waals surface area (Å²) < 4.78 is 57.8. The summed E-state index contributed by atoms with van der Waals surface area (Å²) in [5, 5.41) is 24.6. The Balaban J connectivity index is 1.31. The standard InChI is InChI=1S/C26H30F2N8O3S2/c27-14-26(3-4-26)33-41(38,39)18-11-19(34-5-7-35(8-6-34)23(37)16-9-17(28)10-16)20-12-32-22(36(20)13-18)21(30)40-24(31)25(15-29)1-2-25/h11-13,16-17,30-31,33H,1-10,14H2/p+1. The molecule has 0 bridgehead atoms. The third-order valence-corrected chi connectivity index (χ3v) is 11.1. The molecule has 11 nitrogen and oxygen atoms in total. The molecule has 2 aromatic rings. The summed E-state index contributed by atoms with van der Waals surface area (Å²) in [7, 11) is -4.13. The lowest BCUT2D eigenvalue weighted by molar-refractivity contribution is -0.140. The molecule has 4 aliphatic rings. The number of aromatic nitrogens is 2. The van der Waals surface area contributed by atoms with Crippen molar-refractivity contribution in [2.24, 2.45) is 11.3 Å². The van der Waals surface area contributed by atoms with Crippen molar-refractivity contribution >= 4 is 49.0 Å². The molecule has 0 unspecified atom stereocenters. The lowest BCUT2D eigenvalue weighted by atomic mass is 9.82. The Labute approximate surface area is 240 Å². The molecule has 0 atom stereocenters. The highest BCUT2D eigenvalue weighted by Crippen LogP contribution is 2.48. The molecule has 218 valence electrons. The highest BCUT2D eigenvalue weighted by molar-refractivity contribution is 8.26. The lowest BCUT2D eigenvalue weighted by Gasteiger charge is -2.40. The Hall–Kier alpha value is -3.09. The van der Waals surface area contributed by atoms with E-state index in [4.69, 9.17) is 10.8 Å². The van der Waals surface area contributed by atoms with E-state index in [1.807, 2.05) is 4.90 Å². The van der Waals surface area contributed by atoms with Crippen LogP contribution in [0.1, 0.15) is 44.3 Å². The number of nitriles is 1. The SMILES string of the molecule is N#CC1(C(=[NH2+])SC(=N)c2ncc3c(N4CCN(C(=O)C5CC(F)C5)CC4)cc(S(=O)(=O)NC4(CF)CC4)cn23)CC1. The number of fused-ring (bicyclic) bond motifs is 1. The van der Waals surface area contributed by atoms with Crippen molar-refractivity contribution in [1.29, 1.82) is 10.7 Å². The third kappa shape index (κ3) is 5.10. The summed E-state index contributed by atoms with van der Waals surface area (Å²) >= 11 is 0.931. The zero-order valence-electron chi connectivity index (χ0n) is 22.3. The fraction of sp³-hybridized carbons (Fsp3) is 0.577. The minimum atomic E-state index is -4.13. The number of rotatable bonds is 8. The molecule has 3 aliphatic carbocycles. The molecule has 3 heterocycles. The van der Waals surface area contributed by atoms with Gasteiger partial charge in [-0.25, -0.2) is 26.9 Å². The van der Waals surface area contributed by atoms with Crippen LogP contribution in [0.15, 0.2) is 23.4 Å². The van der Waals surface area contributed by atoms with Crippen LogP contribution in [0.4, 0.5) is 14.5 Å². The third-order valence-electron chi connectivity index (χ3n) is 8.58. The van der Waals surface area contributed by atoms with Crippen molar-refractivity contribution in [1.82, 2.24) is 19.0 Å². The van der Waals surface area contributed by atoms with Crippen LogP contribution < -0.4 is 15.0 Å². The Morgan fingerprint density at radius 1 is 1.24 bits per heavy atom. The second-order valence-corrected chi connectivity index (χ2v) is 14.2. The Morgan fingerprint density at radius 2 is 1.93 bits per heavy atom. The maximum atomic E-state index is 13.6. The Kier molecular flexibility index (Phi) is 6.86. The molecule has 3 saturated carbocycles. The van der Waals surface area contributed by atoms with Gasteiger partial charge in [0.25, 0.3) is 0 Å². The second-order valence-electron chi connectivity index (χ2n) is 11.5. The van der Waals surface area contributed by atoms with Gasteiger partial charge >= 0.3 is 0 Å². The number of nitrogens with zero attached hydrogens (tertiary/aromatic N) is 5. The van der Waals surface area contributed by atoms with E-state index in [0.29, 0.717) is 68.1 Å². The zero-order valence-corrected chi connectivity index (χ0v) is 23.9. The van der Waals surface area contributed by atoms with E-state index in [1.165, 1.54) is 16.7 Å². The molecule has 4 N–H and O–H groups in total. The van der Waals surface area contributed by atoms with Crippen LogP contribution in [-0.4, -0.2) is 83.3 Å². The number of anilines is 1. The molecule has 4 fully saturated rings. The van der Waals surface area contributed by atoms with Crippen molar-refractivity contribution in [3.8, 4) is 6.07 Å². The number of carbonyl (C=O) groups is 1. The normalized spacial score (nSPS) is 24.4. The van der Waals surface area contributed by atoms with Gasteiger partial charge in [-0.2, -0.15) is 5.26 Å². The minimum Gasteiger partial charge on any atom is -0.366 e. The van der Waals surface area contributed by atoms with E-state index < -0.39 is 33.8 Å². The highest BCUT2D eigenvalue weighted by atomic mass is 32.2. The van der Waals surface area contributed by atoms with Gasteiger partial charge in [0.15, 0.2) is 5.82 Å². The van der Waals surface area contributed by atoms with Crippen LogP contribution in [0.3, 0.4) is 0 Å². The molecule has 1 saturated heterocycles. The van der Waals surface area contributed by atoms with Crippen LogP contribution in [-0.2, 0) is 14.8 Å². The minimum absolute atomic E-state index is 0.0398. The first-order valence-electron chi connectivity index (χ1n) is 13.6. The van der Waals surface area contributed by atoms with Crippen molar-refractivity contribution in [2.45, 2.75) is 55.1 Å². The van der Waals surface area contributed by atoms with Gasteiger partial charge in [0, 0.05) is 38.3 Å². The smallest absolute Gasteiger partial charge is 0.242 e. The number of nitrogens with two attached hydrogens (primary N) is 1. The molecule has 0 radical (unpaired) electrons. The zero-order chi connectivity index (χ0) is 29.2. The average molecular weight is 606 g/mol. The molecule has 41 heavy (non-hydrogen) atoms. The van der Waals surface area contributed by atoms with Gasteiger partial charge in [-0.05, 0) is 56.4 Å². The number of carbonyl (C=O) groups excluding carboxylic acids is 1. The van der Waals surface area contributed by atoms with Crippen LogP contribution in [0.2, 0.25) is 0 Å². The quantitative estimate of drug-likeness (QED) is 0.299. The van der Waals surface area contributed by atoms with Crippen molar-refractivity contribution in [3.63, 3.8) is 0 Å². The summed E-state index contributed by atoms with van der Waals surface area (Å²) in [6.07, 6.45) is 4.57. The maximum absolute atomic E-state index is 13.6. The number of sulfonamides is 1. The number of amides is 1.